The van der Waals surface area contributed by atoms with Gasteiger partial charge in [-0.05, 0) is 68.0 Å². The van der Waals surface area contributed by atoms with Gasteiger partial charge in [0.2, 0.25) is 5.91 Å². The predicted octanol–water partition coefficient (Wildman–Crippen LogP) is 6.25. The van der Waals surface area contributed by atoms with Gasteiger partial charge < -0.3 is 15.0 Å². The fourth-order valence-corrected chi connectivity index (χ4v) is 4.87. The maximum Gasteiger partial charge on any atom is 0.261 e. The highest BCUT2D eigenvalue weighted by molar-refractivity contribution is 6.35. The molecule has 7 heteroatoms. The zero-order chi connectivity index (χ0) is 24.7. The zero-order valence-electron chi connectivity index (χ0n) is 20.2. The smallest absolute Gasteiger partial charge is 0.261 e. The molecule has 0 aromatic heterocycles. The van der Waals surface area contributed by atoms with Crippen LogP contribution in [-0.4, -0.2) is 35.4 Å². The summed E-state index contributed by atoms with van der Waals surface area (Å²) in [6.07, 6.45) is 5.89. The van der Waals surface area contributed by atoms with Gasteiger partial charge in [0.05, 0.1) is 0 Å². The molecule has 3 rings (SSSR count). The molecule has 0 aliphatic heterocycles. The second kappa shape index (κ2) is 12.5. The number of hydrogen-bond donors (Lipinski definition) is 1. The van der Waals surface area contributed by atoms with Gasteiger partial charge in [-0.1, -0.05) is 67.6 Å². The lowest BCUT2D eigenvalue weighted by atomic mass is 9.95. The first kappa shape index (κ1) is 26.4. The lowest BCUT2D eigenvalue weighted by Crippen LogP contribution is -2.52. The highest BCUT2D eigenvalue weighted by Crippen LogP contribution is 2.25. The third-order valence-electron chi connectivity index (χ3n) is 6.60. The summed E-state index contributed by atoms with van der Waals surface area (Å²) < 4.78 is 5.89. The van der Waals surface area contributed by atoms with Crippen LogP contribution in [0.15, 0.2) is 36.4 Å². The van der Waals surface area contributed by atoms with E-state index >= 15 is 0 Å². The number of ether oxygens (including phenoxy) is 1. The monoisotopic (exact) mass is 504 g/mol. The summed E-state index contributed by atoms with van der Waals surface area (Å²) in [5, 5.41) is 4.16. The molecule has 1 saturated carbocycles. The van der Waals surface area contributed by atoms with E-state index in [1.807, 2.05) is 39.0 Å². The largest absolute Gasteiger partial charge is 0.483 e. The Morgan fingerprint density at radius 2 is 1.85 bits per heavy atom. The highest BCUT2D eigenvalue weighted by atomic mass is 35.5. The van der Waals surface area contributed by atoms with E-state index in [-0.39, 0.29) is 31.0 Å². The van der Waals surface area contributed by atoms with Crippen LogP contribution >= 0.6 is 23.2 Å². The van der Waals surface area contributed by atoms with Crippen LogP contribution in [0.1, 0.15) is 62.1 Å². The third-order valence-corrected chi connectivity index (χ3v) is 7.19. The summed E-state index contributed by atoms with van der Waals surface area (Å²) in [7, 11) is 0. The van der Waals surface area contributed by atoms with Crippen molar-refractivity contribution in [1.82, 2.24) is 10.2 Å². The Balaban J connectivity index is 1.81. The first-order valence-corrected chi connectivity index (χ1v) is 12.8. The minimum Gasteiger partial charge on any atom is -0.483 e. The number of hydrogen-bond acceptors (Lipinski definition) is 3. The van der Waals surface area contributed by atoms with Crippen LogP contribution in [0.4, 0.5) is 0 Å². The molecule has 2 aromatic carbocycles. The molecule has 5 nitrogen and oxygen atoms in total. The second-order valence-electron chi connectivity index (χ2n) is 9.01. The van der Waals surface area contributed by atoms with Gasteiger partial charge >= 0.3 is 0 Å². The summed E-state index contributed by atoms with van der Waals surface area (Å²) in [5.74, 6) is 0.273. The van der Waals surface area contributed by atoms with Crippen LogP contribution < -0.4 is 10.1 Å². The van der Waals surface area contributed by atoms with Gasteiger partial charge in [0.25, 0.3) is 5.91 Å². The average Bonchev–Trinajstić information content (AvgIpc) is 2.81. The van der Waals surface area contributed by atoms with Crippen molar-refractivity contribution >= 4 is 35.0 Å². The van der Waals surface area contributed by atoms with Crippen LogP contribution in [0.25, 0.3) is 0 Å². The number of benzene rings is 2. The van der Waals surface area contributed by atoms with Crippen molar-refractivity contribution in [2.45, 2.75) is 77.9 Å². The molecule has 2 aromatic rings. The quantitative estimate of drug-likeness (QED) is 0.439. The van der Waals surface area contributed by atoms with E-state index in [9.17, 15) is 9.59 Å². The van der Waals surface area contributed by atoms with E-state index in [1.165, 1.54) is 6.42 Å². The number of amides is 2. The van der Waals surface area contributed by atoms with Crippen LogP contribution in [0.5, 0.6) is 5.75 Å². The second-order valence-corrected chi connectivity index (χ2v) is 9.86. The maximum atomic E-state index is 13.4. The number of rotatable bonds is 9. The van der Waals surface area contributed by atoms with Gasteiger partial charge in [-0.25, -0.2) is 0 Å². The van der Waals surface area contributed by atoms with Crippen molar-refractivity contribution in [3.05, 3.63) is 63.1 Å². The van der Waals surface area contributed by atoms with Gasteiger partial charge in [0.1, 0.15) is 11.8 Å². The molecule has 1 fully saturated rings. The number of nitrogens with zero attached hydrogens (tertiary/aromatic N) is 1. The van der Waals surface area contributed by atoms with Crippen LogP contribution in [0.3, 0.4) is 0 Å². The van der Waals surface area contributed by atoms with Gasteiger partial charge in [-0.15, -0.1) is 0 Å². The molecule has 0 radical (unpaired) electrons. The summed E-state index contributed by atoms with van der Waals surface area (Å²) >= 11 is 12.5. The molecular formula is C27H34Cl2N2O3. The lowest BCUT2D eigenvalue weighted by Gasteiger charge is -2.33. The minimum atomic E-state index is -0.622. The molecule has 2 amide bonds. The maximum absolute atomic E-state index is 13.4. The molecule has 0 bridgehead atoms. The summed E-state index contributed by atoms with van der Waals surface area (Å²) in [4.78, 5) is 28.3. The number of halogens is 2. The highest BCUT2D eigenvalue weighted by Gasteiger charge is 2.31. The van der Waals surface area contributed by atoms with Gasteiger partial charge in [-0.3, -0.25) is 9.59 Å². The molecule has 1 aliphatic carbocycles. The van der Waals surface area contributed by atoms with Gasteiger partial charge in [-0.2, -0.15) is 0 Å². The van der Waals surface area contributed by atoms with E-state index in [0.717, 1.165) is 42.4 Å². The average molecular weight is 505 g/mol. The van der Waals surface area contributed by atoms with Gasteiger partial charge in [0.15, 0.2) is 6.61 Å². The molecule has 1 N–H and O–H groups in total. The van der Waals surface area contributed by atoms with E-state index in [0.29, 0.717) is 22.2 Å². The minimum absolute atomic E-state index is 0.125. The fraction of sp³-hybridized carbons (Fsp3) is 0.481. The Labute approximate surface area is 212 Å². The van der Waals surface area contributed by atoms with Gasteiger partial charge in [0, 0.05) is 22.6 Å². The molecule has 184 valence electrons. The number of carbonyl (C=O) groups excluding carboxylic acids is 2. The Morgan fingerprint density at radius 3 is 2.53 bits per heavy atom. The van der Waals surface area contributed by atoms with Crippen molar-refractivity contribution in [3.8, 4) is 5.75 Å². The Bertz CT molecular complexity index is 1010. The Morgan fingerprint density at radius 1 is 1.12 bits per heavy atom. The summed E-state index contributed by atoms with van der Waals surface area (Å²) in [6.45, 7) is 5.92. The van der Waals surface area contributed by atoms with Crippen molar-refractivity contribution in [3.63, 3.8) is 0 Å². The molecule has 1 aliphatic rings. The molecular weight excluding hydrogens is 471 g/mol. The van der Waals surface area contributed by atoms with Crippen LogP contribution in [0, 0.1) is 13.8 Å². The van der Waals surface area contributed by atoms with Crippen molar-refractivity contribution in [2.75, 3.05) is 6.61 Å². The lowest BCUT2D eigenvalue weighted by molar-refractivity contribution is -0.143. The van der Waals surface area contributed by atoms with Crippen molar-refractivity contribution < 1.29 is 14.3 Å². The van der Waals surface area contributed by atoms with Crippen molar-refractivity contribution in [1.29, 1.82) is 0 Å². The fourth-order valence-electron chi connectivity index (χ4n) is 4.40. The van der Waals surface area contributed by atoms with E-state index < -0.39 is 6.04 Å². The normalized spacial score (nSPS) is 15.0. The molecule has 34 heavy (non-hydrogen) atoms. The predicted molar refractivity (Wildman–Crippen MR) is 138 cm³/mol. The zero-order valence-corrected chi connectivity index (χ0v) is 21.7. The molecule has 0 heterocycles. The first-order chi connectivity index (χ1) is 16.3. The SMILES string of the molecule is CC[C@H](C(=O)NC1CCCCC1)N(Cc1ccc(Cl)cc1Cl)C(=O)COc1cccc(C)c1C. The van der Waals surface area contributed by atoms with E-state index in [2.05, 4.69) is 5.32 Å². The van der Waals surface area contributed by atoms with E-state index in [1.54, 1.807) is 23.1 Å². The summed E-state index contributed by atoms with van der Waals surface area (Å²) in [5.41, 5.74) is 2.81. The molecule has 0 saturated heterocycles. The molecule has 0 unspecified atom stereocenters. The number of carbonyl (C=O) groups is 2. The van der Waals surface area contributed by atoms with Crippen molar-refractivity contribution in [2.24, 2.45) is 0 Å². The Kier molecular flexibility index (Phi) is 9.66. The number of aryl methyl sites for hydroxylation is 1. The first-order valence-electron chi connectivity index (χ1n) is 12.0. The Hall–Kier alpha value is -2.24. The number of nitrogens with one attached hydrogen (secondary N) is 1. The summed E-state index contributed by atoms with van der Waals surface area (Å²) in [6, 6.07) is 10.5. The van der Waals surface area contributed by atoms with Crippen LogP contribution in [-0.2, 0) is 16.1 Å². The topological polar surface area (TPSA) is 58.6 Å². The standard InChI is InChI=1S/C27H34Cl2N2O3/c1-4-24(27(33)30-22-10-6-5-7-11-22)31(16-20-13-14-21(28)15-23(20)29)26(32)17-34-25-12-8-9-18(2)19(25)3/h8-9,12-15,22,24H,4-7,10-11,16-17H2,1-3H3,(H,30,33)/t24-/m1/s1. The van der Waals surface area contributed by atoms with E-state index in [4.69, 9.17) is 27.9 Å². The molecule has 0 spiro atoms. The third kappa shape index (κ3) is 6.89. The van der Waals surface area contributed by atoms with Crippen LogP contribution in [0.2, 0.25) is 10.0 Å². The molecule has 1 atom stereocenters.